The molecule has 0 aromatic carbocycles. The van der Waals surface area contributed by atoms with Crippen molar-refractivity contribution in [1.82, 2.24) is 4.98 Å². The van der Waals surface area contributed by atoms with Gasteiger partial charge in [0.05, 0.1) is 0 Å². The fraction of sp³-hybridized carbons (Fsp3) is 0.583. The molecule has 13 heavy (non-hydrogen) atoms. The Bertz CT molecular complexity index is 276. The molecule has 0 unspecified atom stereocenters. The Hall–Kier alpha value is -0.850. The molecule has 0 radical (unpaired) electrons. The van der Waals surface area contributed by atoms with E-state index >= 15 is 0 Å². The second-order valence-corrected chi connectivity index (χ2v) is 4.13. The number of aromatic nitrogens is 1. The first kappa shape index (κ1) is 10.2. The van der Waals surface area contributed by atoms with E-state index in [9.17, 15) is 0 Å². The van der Waals surface area contributed by atoms with Crippen LogP contribution in [0.15, 0.2) is 18.3 Å². The minimum Gasteiger partial charge on any atom is -0.261 e. The van der Waals surface area contributed by atoms with Gasteiger partial charge in [-0.3, -0.25) is 4.98 Å². The number of pyridine rings is 1. The summed E-state index contributed by atoms with van der Waals surface area (Å²) in [5.41, 5.74) is 2.88. The summed E-state index contributed by atoms with van der Waals surface area (Å²) in [6.07, 6.45) is 4.11. The van der Waals surface area contributed by atoms with E-state index in [1.165, 1.54) is 17.7 Å². The molecule has 1 nitrogen and oxygen atoms in total. The Labute approximate surface area is 81.2 Å². The second-order valence-electron chi connectivity index (χ2n) is 4.13. The van der Waals surface area contributed by atoms with Crippen LogP contribution in [-0.2, 0) is 11.8 Å². The first-order valence-electron chi connectivity index (χ1n) is 5.05. The predicted molar refractivity (Wildman–Crippen MR) is 56.9 cm³/mol. The van der Waals surface area contributed by atoms with Gasteiger partial charge >= 0.3 is 0 Å². The molecule has 72 valence electrons. The molecule has 1 aromatic rings. The van der Waals surface area contributed by atoms with E-state index in [2.05, 4.69) is 44.8 Å². The van der Waals surface area contributed by atoms with Crippen molar-refractivity contribution in [2.45, 2.75) is 46.0 Å². The van der Waals surface area contributed by atoms with Crippen molar-refractivity contribution in [2.75, 3.05) is 0 Å². The van der Waals surface area contributed by atoms with Gasteiger partial charge < -0.3 is 0 Å². The van der Waals surface area contributed by atoms with Crippen LogP contribution in [0.1, 0.15) is 45.4 Å². The molecule has 0 fully saturated rings. The highest BCUT2D eigenvalue weighted by molar-refractivity contribution is 5.24. The lowest BCUT2D eigenvalue weighted by molar-refractivity contribution is 0.505. The molecule has 0 N–H and O–H groups in total. The van der Waals surface area contributed by atoms with Crippen molar-refractivity contribution >= 4 is 0 Å². The Kier molecular flexibility index (Phi) is 3.07. The highest BCUT2D eigenvalue weighted by Crippen LogP contribution is 2.26. The average Bonchev–Trinajstić information content (AvgIpc) is 2.18. The topological polar surface area (TPSA) is 12.9 Å². The van der Waals surface area contributed by atoms with Gasteiger partial charge in [-0.05, 0) is 36.0 Å². The molecule has 0 amide bonds. The maximum absolute atomic E-state index is 4.31. The molecular formula is C12H19N. The Balaban J connectivity index is 3.01. The van der Waals surface area contributed by atoms with Crippen molar-refractivity contribution < 1.29 is 0 Å². The normalized spacial score (nSPS) is 11.7. The van der Waals surface area contributed by atoms with E-state index < -0.39 is 0 Å². The largest absolute Gasteiger partial charge is 0.261 e. The summed E-state index contributed by atoms with van der Waals surface area (Å²) in [6.45, 7) is 8.93. The molecular weight excluding hydrogens is 158 g/mol. The smallest absolute Gasteiger partial charge is 0.0403 e. The lowest BCUT2D eigenvalue weighted by Crippen LogP contribution is -2.15. The van der Waals surface area contributed by atoms with Gasteiger partial charge in [-0.1, -0.05) is 27.7 Å². The van der Waals surface area contributed by atoms with Crippen LogP contribution in [0.5, 0.6) is 0 Å². The van der Waals surface area contributed by atoms with Gasteiger partial charge in [0, 0.05) is 11.9 Å². The van der Waals surface area contributed by atoms with Crippen LogP contribution < -0.4 is 0 Å². The zero-order valence-corrected chi connectivity index (χ0v) is 9.09. The monoisotopic (exact) mass is 177 g/mol. The van der Waals surface area contributed by atoms with E-state index in [-0.39, 0.29) is 5.41 Å². The zero-order chi connectivity index (χ0) is 9.90. The highest BCUT2D eigenvalue weighted by atomic mass is 14.7. The molecule has 1 heterocycles. The average molecular weight is 177 g/mol. The van der Waals surface area contributed by atoms with Crippen LogP contribution in [0.3, 0.4) is 0 Å². The van der Waals surface area contributed by atoms with Gasteiger partial charge in [-0.15, -0.1) is 0 Å². The number of aryl methyl sites for hydroxylation is 1. The number of hydrogen-bond acceptors (Lipinski definition) is 1. The highest BCUT2D eigenvalue weighted by Gasteiger charge is 2.17. The molecule has 1 aromatic heterocycles. The summed E-state index contributed by atoms with van der Waals surface area (Å²) in [7, 11) is 0. The van der Waals surface area contributed by atoms with E-state index in [4.69, 9.17) is 0 Å². The molecule has 0 bridgehead atoms. The van der Waals surface area contributed by atoms with Crippen molar-refractivity contribution in [3.05, 3.63) is 29.6 Å². The number of rotatable bonds is 3. The molecule has 0 aliphatic carbocycles. The molecule has 0 atom stereocenters. The van der Waals surface area contributed by atoms with Crippen LogP contribution in [0.25, 0.3) is 0 Å². The molecule has 0 aliphatic rings. The molecule has 1 rings (SSSR count). The third-order valence-electron chi connectivity index (χ3n) is 2.84. The summed E-state index contributed by atoms with van der Waals surface area (Å²) >= 11 is 0. The van der Waals surface area contributed by atoms with Crippen molar-refractivity contribution in [3.8, 4) is 0 Å². The van der Waals surface area contributed by atoms with Crippen LogP contribution in [0, 0.1) is 0 Å². The number of nitrogens with zero attached hydrogens (tertiary/aromatic N) is 1. The van der Waals surface area contributed by atoms with Crippen LogP contribution in [-0.4, -0.2) is 4.98 Å². The Morgan fingerprint density at radius 1 is 1.31 bits per heavy atom. The van der Waals surface area contributed by atoms with Gasteiger partial charge in [0.1, 0.15) is 0 Å². The molecule has 0 spiro atoms. The fourth-order valence-electron chi connectivity index (χ4n) is 1.30. The summed E-state index contributed by atoms with van der Waals surface area (Å²) in [5, 5.41) is 0. The fourth-order valence-corrected chi connectivity index (χ4v) is 1.30. The van der Waals surface area contributed by atoms with Gasteiger partial charge in [-0.25, -0.2) is 0 Å². The second kappa shape index (κ2) is 3.91. The van der Waals surface area contributed by atoms with Gasteiger partial charge in [0.15, 0.2) is 0 Å². The third-order valence-corrected chi connectivity index (χ3v) is 2.84. The van der Waals surface area contributed by atoms with Gasteiger partial charge in [-0.2, -0.15) is 0 Å². The van der Waals surface area contributed by atoms with E-state index in [1.54, 1.807) is 0 Å². The predicted octanol–water partition coefficient (Wildman–Crippen LogP) is 3.33. The SMILES string of the molecule is CCc1cc(C(C)(C)CC)ccn1. The third kappa shape index (κ3) is 2.30. The minimum absolute atomic E-state index is 0.285. The first-order valence-corrected chi connectivity index (χ1v) is 5.05. The van der Waals surface area contributed by atoms with Gasteiger partial charge in [0.25, 0.3) is 0 Å². The Morgan fingerprint density at radius 3 is 2.54 bits per heavy atom. The molecule has 0 saturated heterocycles. The zero-order valence-electron chi connectivity index (χ0n) is 9.09. The Morgan fingerprint density at radius 2 is 2.00 bits per heavy atom. The van der Waals surface area contributed by atoms with Crippen LogP contribution in [0.2, 0.25) is 0 Å². The lowest BCUT2D eigenvalue weighted by atomic mass is 9.82. The number of hydrogen-bond donors (Lipinski definition) is 0. The first-order chi connectivity index (χ1) is 6.10. The van der Waals surface area contributed by atoms with E-state index in [1.807, 2.05) is 6.20 Å². The van der Waals surface area contributed by atoms with E-state index in [0.717, 1.165) is 6.42 Å². The van der Waals surface area contributed by atoms with E-state index in [0.29, 0.717) is 0 Å². The minimum atomic E-state index is 0.285. The van der Waals surface area contributed by atoms with Gasteiger partial charge in [0.2, 0.25) is 0 Å². The van der Waals surface area contributed by atoms with Crippen molar-refractivity contribution in [1.29, 1.82) is 0 Å². The van der Waals surface area contributed by atoms with Crippen molar-refractivity contribution in [3.63, 3.8) is 0 Å². The summed E-state index contributed by atoms with van der Waals surface area (Å²) in [6, 6.07) is 4.35. The standard InChI is InChI=1S/C12H19N/c1-5-11-9-10(7-8-13-11)12(3,4)6-2/h7-9H,5-6H2,1-4H3. The maximum atomic E-state index is 4.31. The quantitative estimate of drug-likeness (QED) is 0.690. The summed E-state index contributed by atoms with van der Waals surface area (Å²) < 4.78 is 0. The van der Waals surface area contributed by atoms with Crippen LogP contribution in [0.4, 0.5) is 0 Å². The summed E-state index contributed by atoms with van der Waals surface area (Å²) in [5.74, 6) is 0. The van der Waals surface area contributed by atoms with Crippen LogP contribution >= 0.6 is 0 Å². The lowest BCUT2D eigenvalue weighted by Gasteiger charge is -2.23. The maximum Gasteiger partial charge on any atom is 0.0403 e. The molecule has 1 heteroatoms. The molecule has 0 aliphatic heterocycles. The molecule has 0 saturated carbocycles. The summed E-state index contributed by atoms with van der Waals surface area (Å²) in [4.78, 5) is 4.31. The van der Waals surface area contributed by atoms with Crippen molar-refractivity contribution in [2.24, 2.45) is 0 Å².